The molecule has 8 heteroatoms. The van der Waals surface area contributed by atoms with Crippen LogP contribution in [0.5, 0.6) is 0 Å². The Morgan fingerprint density at radius 2 is 2.00 bits per heavy atom. The van der Waals surface area contributed by atoms with E-state index in [2.05, 4.69) is 10.3 Å². The number of aromatic nitrogens is 1. The summed E-state index contributed by atoms with van der Waals surface area (Å²) in [5, 5.41) is 2.66. The summed E-state index contributed by atoms with van der Waals surface area (Å²) in [5.74, 6) is -0.327. The maximum absolute atomic E-state index is 12.7. The van der Waals surface area contributed by atoms with Gasteiger partial charge < -0.3 is 11.1 Å². The summed E-state index contributed by atoms with van der Waals surface area (Å²) in [7, 11) is 0. The Balaban J connectivity index is 0.00000288. The maximum Gasteiger partial charge on any atom is 0.416 e. The van der Waals surface area contributed by atoms with Gasteiger partial charge in [-0.05, 0) is 36.8 Å². The lowest BCUT2D eigenvalue weighted by molar-refractivity contribution is -0.137. The highest BCUT2D eigenvalue weighted by Crippen LogP contribution is 2.30. The lowest BCUT2D eigenvalue weighted by Gasteiger charge is -2.16. The Morgan fingerprint density at radius 1 is 1.29 bits per heavy atom. The van der Waals surface area contributed by atoms with Gasteiger partial charge in [-0.15, -0.1) is 12.4 Å². The molecule has 3 N–H and O–H groups in total. The van der Waals surface area contributed by atoms with Crippen LogP contribution in [0.15, 0.2) is 42.6 Å². The smallest absolute Gasteiger partial charge is 0.397 e. The zero-order valence-corrected chi connectivity index (χ0v) is 13.6. The molecule has 0 aliphatic heterocycles. The van der Waals surface area contributed by atoms with E-state index in [-0.39, 0.29) is 24.7 Å². The van der Waals surface area contributed by atoms with E-state index in [1.54, 1.807) is 25.1 Å². The van der Waals surface area contributed by atoms with Crippen molar-refractivity contribution in [2.24, 2.45) is 0 Å². The predicted molar refractivity (Wildman–Crippen MR) is 87.6 cm³/mol. The van der Waals surface area contributed by atoms with Crippen molar-refractivity contribution in [3.8, 4) is 0 Å². The van der Waals surface area contributed by atoms with Gasteiger partial charge in [0.15, 0.2) is 0 Å². The summed E-state index contributed by atoms with van der Waals surface area (Å²) in [4.78, 5) is 16.0. The van der Waals surface area contributed by atoms with E-state index in [0.717, 1.165) is 12.1 Å². The van der Waals surface area contributed by atoms with Crippen molar-refractivity contribution in [2.45, 2.75) is 25.6 Å². The monoisotopic (exact) mass is 359 g/mol. The highest BCUT2D eigenvalue weighted by Gasteiger charge is 2.30. The summed E-state index contributed by atoms with van der Waals surface area (Å²) in [6.45, 7) is 1.63. The predicted octanol–water partition coefficient (Wildman–Crippen LogP) is 3.52. The average Bonchev–Trinajstić information content (AvgIpc) is 2.49. The molecule has 0 fully saturated rings. The number of halogens is 4. The van der Waals surface area contributed by atoms with E-state index in [1.807, 2.05) is 0 Å². The molecule has 1 atom stereocenters. The fourth-order valence-electron chi connectivity index (χ4n) is 2.07. The van der Waals surface area contributed by atoms with Gasteiger partial charge in [-0.1, -0.05) is 12.1 Å². The molecular weight excluding hydrogens is 343 g/mol. The first-order valence-electron chi connectivity index (χ1n) is 6.92. The number of carbonyl (C=O) groups is 1. The molecule has 1 unspecified atom stereocenters. The number of rotatable bonds is 4. The van der Waals surface area contributed by atoms with Gasteiger partial charge in [0.1, 0.15) is 0 Å². The van der Waals surface area contributed by atoms with Gasteiger partial charge in [-0.25, -0.2) is 0 Å². The third-order valence-corrected chi connectivity index (χ3v) is 3.28. The van der Waals surface area contributed by atoms with Crippen LogP contribution in [0.4, 0.5) is 18.9 Å². The first kappa shape index (κ1) is 19.8. The number of amides is 1. The number of nitrogens with two attached hydrogens (primary N) is 1. The molecule has 0 saturated carbocycles. The van der Waals surface area contributed by atoms with Crippen molar-refractivity contribution in [2.75, 3.05) is 5.73 Å². The quantitative estimate of drug-likeness (QED) is 0.877. The Hall–Kier alpha value is -2.28. The summed E-state index contributed by atoms with van der Waals surface area (Å²) in [5.41, 5.74) is 6.18. The third kappa shape index (κ3) is 5.42. The van der Waals surface area contributed by atoms with E-state index < -0.39 is 17.8 Å². The molecule has 2 aromatic rings. The third-order valence-electron chi connectivity index (χ3n) is 3.28. The second-order valence-electron chi connectivity index (χ2n) is 5.17. The molecule has 0 aliphatic carbocycles. The number of anilines is 1. The van der Waals surface area contributed by atoms with Crippen molar-refractivity contribution in [3.05, 3.63) is 59.4 Å². The number of benzene rings is 1. The molecule has 1 aromatic carbocycles. The molecule has 2 rings (SSSR count). The van der Waals surface area contributed by atoms with Gasteiger partial charge in [0.25, 0.3) is 0 Å². The maximum atomic E-state index is 12.7. The minimum atomic E-state index is -4.41. The number of nitrogens with zero attached hydrogens (tertiary/aromatic N) is 1. The number of hydrogen-bond acceptors (Lipinski definition) is 3. The topological polar surface area (TPSA) is 68.0 Å². The first-order chi connectivity index (χ1) is 10.8. The normalized spacial score (nSPS) is 12.2. The molecule has 1 aromatic heterocycles. The largest absolute Gasteiger partial charge is 0.416 e. The summed E-state index contributed by atoms with van der Waals surface area (Å²) < 4.78 is 38.1. The van der Waals surface area contributed by atoms with Crippen LogP contribution >= 0.6 is 12.4 Å². The van der Waals surface area contributed by atoms with Gasteiger partial charge in [0.2, 0.25) is 5.91 Å². The Kier molecular flexibility index (Phi) is 6.60. The molecule has 0 radical (unpaired) electrons. The molecule has 24 heavy (non-hydrogen) atoms. The van der Waals surface area contributed by atoms with Crippen molar-refractivity contribution >= 4 is 24.0 Å². The van der Waals surface area contributed by atoms with Gasteiger partial charge in [-0.3, -0.25) is 9.78 Å². The highest BCUT2D eigenvalue weighted by molar-refractivity contribution is 5.85. The van der Waals surface area contributed by atoms with E-state index in [9.17, 15) is 18.0 Å². The van der Waals surface area contributed by atoms with Crippen LogP contribution in [0.1, 0.15) is 29.8 Å². The molecule has 0 bridgehead atoms. The standard InChI is InChI=1S/C16H16F3N3O.ClH/c1-10(11-3-2-4-12(7-11)16(17,18)19)22-15(23)8-14-6-5-13(20)9-21-14;/h2-7,9-10H,8,20H2,1H3,(H,22,23);1H. The number of alkyl halides is 3. The Morgan fingerprint density at radius 3 is 2.58 bits per heavy atom. The number of nitrogen functional groups attached to an aromatic ring is 1. The van der Waals surface area contributed by atoms with Crippen LogP contribution in [-0.2, 0) is 17.4 Å². The zero-order valence-electron chi connectivity index (χ0n) is 12.8. The zero-order chi connectivity index (χ0) is 17.0. The van der Waals surface area contributed by atoms with Crippen molar-refractivity contribution in [1.82, 2.24) is 10.3 Å². The first-order valence-corrected chi connectivity index (χ1v) is 6.92. The van der Waals surface area contributed by atoms with Crippen LogP contribution in [0, 0.1) is 0 Å². The SMILES string of the molecule is CC(NC(=O)Cc1ccc(N)cn1)c1cccc(C(F)(F)F)c1.Cl. The molecule has 130 valence electrons. The molecule has 0 saturated heterocycles. The number of hydrogen-bond donors (Lipinski definition) is 2. The van der Waals surface area contributed by atoms with E-state index in [4.69, 9.17) is 5.73 Å². The van der Waals surface area contributed by atoms with Gasteiger partial charge in [0, 0.05) is 5.69 Å². The lowest BCUT2D eigenvalue weighted by Crippen LogP contribution is -2.28. The molecular formula is C16H17ClF3N3O. The van der Waals surface area contributed by atoms with Crippen molar-refractivity contribution < 1.29 is 18.0 Å². The van der Waals surface area contributed by atoms with Crippen LogP contribution in [0.25, 0.3) is 0 Å². The van der Waals surface area contributed by atoms with Crippen LogP contribution in [0.3, 0.4) is 0 Å². The Labute approximate surface area is 143 Å². The molecule has 0 spiro atoms. The molecule has 4 nitrogen and oxygen atoms in total. The fraction of sp³-hybridized carbons (Fsp3) is 0.250. The van der Waals surface area contributed by atoms with Crippen LogP contribution in [0.2, 0.25) is 0 Å². The van der Waals surface area contributed by atoms with E-state index in [1.165, 1.54) is 12.3 Å². The van der Waals surface area contributed by atoms with E-state index >= 15 is 0 Å². The second kappa shape index (κ2) is 8.01. The van der Waals surface area contributed by atoms with Gasteiger partial charge in [-0.2, -0.15) is 13.2 Å². The van der Waals surface area contributed by atoms with Crippen LogP contribution < -0.4 is 11.1 Å². The average molecular weight is 360 g/mol. The molecule has 0 aliphatic rings. The van der Waals surface area contributed by atoms with Gasteiger partial charge >= 0.3 is 6.18 Å². The van der Waals surface area contributed by atoms with Crippen molar-refractivity contribution in [3.63, 3.8) is 0 Å². The number of carbonyl (C=O) groups excluding carboxylic acids is 1. The van der Waals surface area contributed by atoms with Crippen LogP contribution in [-0.4, -0.2) is 10.9 Å². The summed E-state index contributed by atoms with van der Waals surface area (Å²) >= 11 is 0. The number of pyridine rings is 1. The molecule has 1 heterocycles. The highest BCUT2D eigenvalue weighted by atomic mass is 35.5. The summed E-state index contributed by atoms with van der Waals surface area (Å²) in [6, 6.07) is 7.61. The van der Waals surface area contributed by atoms with Gasteiger partial charge in [0.05, 0.1) is 29.9 Å². The minimum absolute atomic E-state index is 0. The lowest BCUT2D eigenvalue weighted by atomic mass is 10.0. The fourth-order valence-corrected chi connectivity index (χ4v) is 2.07. The second-order valence-corrected chi connectivity index (χ2v) is 5.17. The van der Waals surface area contributed by atoms with E-state index in [0.29, 0.717) is 16.9 Å². The molecule has 1 amide bonds. The Bertz CT molecular complexity index is 690. The number of nitrogens with one attached hydrogen (secondary N) is 1. The summed E-state index contributed by atoms with van der Waals surface area (Å²) in [6.07, 6.45) is -2.93. The van der Waals surface area contributed by atoms with Crippen molar-refractivity contribution in [1.29, 1.82) is 0 Å². The minimum Gasteiger partial charge on any atom is -0.397 e.